The third-order valence-corrected chi connectivity index (χ3v) is 7.81. The first kappa shape index (κ1) is 28.6. The van der Waals surface area contributed by atoms with Crippen molar-refractivity contribution in [2.75, 3.05) is 13.1 Å². The third kappa shape index (κ3) is 10.7. The van der Waals surface area contributed by atoms with Gasteiger partial charge in [0.1, 0.15) is 0 Å². The van der Waals surface area contributed by atoms with Gasteiger partial charge in [0.15, 0.2) is 0 Å². The Bertz CT molecular complexity index is 612. The van der Waals surface area contributed by atoms with Gasteiger partial charge in [0.2, 0.25) is 5.91 Å². The van der Waals surface area contributed by atoms with Crippen LogP contribution in [-0.2, 0) is 14.4 Å². The second-order valence-electron chi connectivity index (χ2n) is 10.5. The van der Waals surface area contributed by atoms with E-state index in [2.05, 4.69) is 10.6 Å². The van der Waals surface area contributed by atoms with Crippen LogP contribution in [0.5, 0.6) is 0 Å². The molecule has 2 rings (SSSR count). The molecule has 0 saturated heterocycles. The van der Waals surface area contributed by atoms with Gasteiger partial charge in [0.25, 0.3) is 0 Å². The van der Waals surface area contributed by atoms with Crippen molar-refractivity contribution >= 4 is 17.8 Å². The van der Waals surface area contributed by atoms with Crippen LogP contribution in [0.25, 0.3) is 0 Å². The fourth-order valence-electron chi connectivity index (χ4n) is 5.71. The number of unbranched alkanes of at least 4 members (excludes halogenated alkanes) is 9. The second kappa shape index (κ2) is 16.9. The van der Waals surface area contributed by atoms with E-state index in [4.69, 9.17) is 0 Å². The Morgan fingerprint density at radius 1 is 0.559 bits per heavy atom. The van der Waals surface area contributed by atoms with Crippen molar-refractivity contribution in [1.29, 1.82) is 0 Å². The summed E-state index contributed by atoms with van der Waals surface area (Å²) in [6, 6.07) is 0.161. The summed E-state index contributed by atoms with van der Waals surface area (Å²) in [6.45, 7) is 1.59. The van der Waals surface area contributed by atoms with E-state index in [1.807, 2.05) is 0 Å². The molecule has 7 heteroatoms. The van der Waals surface area contributed by atoms with Crippen LogP contribution >= 0.6 is 0 Å². The lowest BCUT2D eigenvalue weighted by atomic mass is 9.78. The van der Waals surface area contributed by atoms with E-state index in [9.17, 15) is 24.6 Å². The van der Waals surface area contributed by atoms with Crippen LogP contribution in [0.15, 0.2) is 0 Å². The predicted molar refractivity (Wildman–Crippen MR) is 134 cm³/mol. The van der Waals surface area contributed by atoms with Gasteiger partial charge in [-0.1, -0.05) is 77.0 Å². The van der Waals surface area contributed by atoms with E-state index in [1.54, 1.807) is 0 Å². The summed E-state index contributed by atoms with van der Waals surface area (Å²) >= 11 is 0. The topological polar surface area (TPSA) is 116 Å². The van der Waals surface area contributed by atoms with Gasteiger partial charge in [-0.15, -0.1) is 0 Å². The van der Waals surface area contributed by atoms with Crippen molar-refractivity contribution in [2.45, 2.75) is 122 Å². The minimum absolute atomic E-state index is 0.0669. The number of carbonyl (C=O) groups excluding carboxylic acids is 1. The van der Waals surface area contributed by atoms with Crippen molar-refractivity contribution in [3.63, 3.8) is 0 Å². The molecule has 0 radical (unpaired) electrons. The zero-order valence-corrected chi connectivity index (χ0v) is 21.1. The van der Waals surface area contributed by atoms with Crippen LogP contribution in [0.4, 0.5) is 0 Å². The maximum Gasteiger partial charge on any atom is 0.308 e. The molecule has 1 amide bonds. The number of hydrogen-bond donors (Lipinski definition) is 4. The number of hydrogen-bond acceptors (Lipinski definition) is 4. The molecule has 0 aromatic heterocycles. The predicted octanol–water partition coefficient (Wildman–Crippen LogP) is 5.13. The van der Waals surface area contributed by atoms with Gasteiger partial charge in [-0.2, -0.15) is 0 Å². The molecule has 0 aliphatic heterocycles. The van der Waals surface area contributed by atoms with Gasteiger partial charge >= 0.3 is 11.9 Å². The maximum atomic E-state index is 12.3. The molecule has 0 aromatic carbocycles. The fourth-order valence-corrected chi connectivity index (χ4v) is 5.71. The molecule has 0 spiro atoms. The summed E-state index contributed by atoms with van der Waals surface area (Å²) in [5.41, 5.74) is 0. The lowest BCUT2D eigenvalue weighted by Crippen LogP contribution is -2.42. The molecule has 2 fully saturated rings. The normalized spacial score (nSPS) is 25.1. The molecule has 2 aliphatic rings. The summed E-state index contributed by atoms with van der Waals surface area (Å²) in [6.07, 6.45) is 19.1. The van der Waals surface area contributed by atoms with E-state index >= 15 is 0 Å². The Morgan fingerprint density at radius 2 is 1.00 bits per heavy atom. The SMILES string of the molecule is O=C(O)[C@H]1CCCC[C@H]1NCCCCCCCCCCCCNC(=O)[C@@H]1CCCC[C@@H]1C(=O)O. The van der Waals surface area contributed by atoms with E-state index in [0.29, 0.717) is 19.4 Å². The van der Waals surface area contributed by atoms with Crippen LogP contribution in [0.2, 0.25) is 0 Å². The van der Waals surface area contributed by atoms with Crippen LogP contribution in [-0.4, -0.2) is 47.2 Å². The number of rotatable bonds is 17. The Morgan fingerprint density at radius 3 is 1.56 bits per heavy atom. The van der Waals surface area contributed by atoms with Crippen molar-refractivity contribution in [3.8, 4) is 0 Å². The van der Waals surface area contributed by atoms with Crippen LogP contribution in [0, 0.1) is 17.8 Å². The first-order chi connectivity index (χ1) is 16.5. The summed E-state index contributed by atoms with van der Waals surface area (Å²) in [5.74, 6) is -2.60. The molecule has 7 nitrogen and oxygen atoms in total. The van der Waals surface area contributed by atoms with Crippen LogP contribution in [0.1, 0.15) is 116 Å². The fraction of sp³-hybridized carbons (Fsp3) is 0.889. The summed E-state index contributed by atoms with van der Waals surface area (Å²) in [7, 11) is 0. The van der Waals surface area contributed by atoms with E-state index < -0.39 is 17.9 Å². The molecule has 0 unspecified atom stereocenters. The summed E-state index contributed by atoms with van der Waals surface area (Å²) in [4.78, 5) is 35.0. The van der Waals surface area contributed by atoms with Crippen LogP contribution < -0.4 is 10.6 Å². The number of carbonyl (C=O) groups is 3. The zero-order chi connectivity index (χ0) is 24.6. The average Bonchev–Trinajstić information content (AvgIpc) is 2.84. The number of nitrogens with one attached hydrogen (secondary N) is 2. The lowest BCUT2D eigenvalue weighted by molar-refractivity contribution is -0.148. The number of carboxylic acids is 2. The highest BCUT2D eigenvalue weighted by Crippen LogP contribution is 2.30. The van der Waals surface area contributed by atoms with Gasteiger partial charge in [0.05, 0.1) is 17.8 Å². The minimum Gasteiger partial charge on any atom is -0.481 e. The van der Waals surface area contributed by atoms with Gasteiger partial charge in [-0.05, 0) is 45.1 Å². The van der Waals surface area contributed by atoms with E-state index in [1.165, 1.54) is 44.9 Å². The molecule has 2 aliphatic carbocycles. The largest absolute Gasteiger partial charge is 0.481 e. The summed E-state index contributed by atoms with van der Waals surface area (Å²) in [5, 5.41) is 25.1. The standard InChI is InChI=1S/C27H48N2O5/c30-25(21-15-9-10-16-22(21)26(31)32)29-20-14-8-6-4-2-1-3-5-7-13-19-28-24-18-12-11-17-23(24)27(33)34/h21-24,28H,1-20H2,(H,29,30)(H,31,32)(H,33,34)/t21-,22+,23+,24-/m1/s1. The number of carboxylic acid groups (broad SMARTS) is 2. The van der Waals surface area contributed by atoms with E-state index in [-0.39, 0.29) is 23.8 Å². The highest BCUT2D eigenvalue weighted by atomic mass is 16.4. The van der Waals surface area contributed by atoms with Gasteiger partial charge in [-0.3, -0.25) is 14.4 Å². The van der Waals surface area contributed by atoms with Gasteiger partial charge in [0, 0.05) is 12.6 Å². The molecule has 4 N–H and O–H groups in total. The number of amides is 1. The zero-order valence-electron chi connectivity index (χ0n) is 21.1. The van der Waals surface area contributed by atoms with Crippen molar-refractivity contribution in [2.24, 2.45) is 17.8 Å². The molecule has 0 bridgehead atoms. The smallest absolute Gasteiger partial charge is 0.308 e. The average molecular weight is 481 g/mol. The first-order valence-electron chi connectivity index (χ1n) is 14.0. The molecular weight excluding hydrogens is 432 g/mol. The highest BCUT2D eigenvalue weighted by Gasteiger charge is 2.35. The van der Waals surface area contributed by atoms with Gasteiger partial charge < -0.3 is 20.8 Å². The quantitative estimate of drug-likeness (QED) is 0.215. The van der Waals surface area contributed by atoms with Crippen molar-refractivity contribution in [1.82, 2.24) is 10.6 Å². The Kier molecular flexibility index (Phi) is 14.2. The van der Waals surface area contributed by atoms with Crippen LogP contribution in [0.3, 0.4) is 0 Å². The molecule has 196 valence electrons. The highest BCUT2D eigenvalue weighted by molar-refractivity contribution is 5.84. The number of aliphatic carboxylic acids is 2. The summed E-state index contributed by atoms with van der Waals surface area (Å²) < 4.78 is 0. The lowest BCUT2D eigenvalue weighted by Gasteiger charge is -2.29. The van der Waals surface area contributed by atoms with Crippen molar-refractivity contribution < 1.29 is 24.6 Å². The van der Waals surface area contributed by atoms with Gasteiger partial charge in [-0.25, -0.2) is 0 Å². The molecule has 34 heavy (non-hydrogen) atoms. The van der Waals surface area contributed by atoms with E-state index in [0.717, 1.165) is 64.3 Å². The minimum atomic E-state index is -0.829. The third-order valence-electron chi connectivity index (χ3n) is 7.81. The molecule has 0 heterocycles. The Hall–Kier alpha value is -1.63. The first-order valence-corrected chi connectivity index (χ1v) is 14.0. The molecule has 2 saturated carbocycles. The molecular formula is C27H48N2O5. The van der Waals surface area contributed by atoms with Crippen molar-refractivity contribution in [3.05, 3.63) is 0 Å². The molecule has 4 atom stereocenters. The monoisotopic (exact) mass is 480 g/mol. The Balaban J connectivity index is 1.36. The second-order valence-corrected chi connectivity index (χ2v) is 10.5. The molecule has 0 aromatic rings. The maximum absolute atomic E-state index is 12.3. The Labute approximate surface area is 205 Å².